The third-order valence-corrected chi connectivity index (χ3v) is 7.81. The molecule has 162 valence electrons. The van der Waals surface area contributed by atoms with Gasteiger partial charge < -0.3 is 0 Å². The van der Waals surface area contributed by atoms with Gasteiger partial charge >= 0.3 is 0 Å². The maximum absolute atomic E-state index is 5.25. The minimum atomic E-state index is 0.954. The molecule has 0 unspecified atom stereocenters. The Balaban J connectivity index is 1.68. The minimum Gasteiger partial charge on any atom is -0.244 e. The predicted molar refractivity (Wildman–Crippen MR) is 146 cm³/mol. The van der Waals surface area contributed by atoms with E-state index in [0.29, 0.717) is 0 Å². The Bertz CT molecular complexity index is 1850. The van der Waals surface area contributed by atoms with E-state index in [1.165, 1.54) is 65.3 Å². The van der Waals surface area contributed by atoms with Crippen LogP contribution in [0.2, 0.25) is 0 Å². The maximum Gasteiger partial charge on any atom is 0.0975 e. The van der Waals surface area contributed by atoms with E-state index in [4.69, 9.17) is 9.97 Å². The van der Waals surface area contributed by atoms with E-state index >= 15 is 0 Å². The van der Waals surface area contributed by atoms with Gasteiger partial charge in [-0.05, 0) is 94.4 Å². The summed E-state index contributed by atoms with van der Waals surface area (Å²) in [7, 11) is 0. The molecule has 1 aromatic heterocycles. The number of aryl methyl sites for hydroxylation is 4. The van der Waals surface area contributed by atoms with Crippen molar-refractivity contribution >= 4 is 65.2 Å². The van der Waals surface area contributed by atoms with Gasteiger partial charge in [-0.2, -0.15) is 0 Å². The van der Waals surface area contributed by atoms with Crippen LogP contribution < -0.4 is 0 Å². The molecule has 0 bridgehead atoms. The van der Waals surface area contributed by atoms with Crippen molar-refractivity contribution in [2.24, 2.45) is 0 Å². The van der Waals surface area contributed by atoms with Crippen molar-refractivity contribution in [1.82, 2.24) is 9.97 Å². The molecule has 0 saturated carbocycles. The van der Waals surface area contributed by atoms with Crippen LogP contribution in [0.3, 0.4) is 0 Å². The van der Waals surface area contributed by atoms with Crippen molar-refractivity contribution in [1.29, 1.82) is 0 Å². The maximum atomic E-state index is 5.25. The molecule has 0 fully saturated rings. The first kappa shape index (κ1) is 19.4. The van der Waals surface area contributed by atoms with Crippen LogP contribution in [-0.4, -0.2) is 9.97 Å². The average Bonchev–Trinajstić information content (AvgIpc) is 2.88. The highest BCUT2D eigenvalue weighted by Crippen LogP contribution is 2.39. The van der Waals surface area contributed by atoms with Gasteiger partial charge in [-0.25, -0.2) is 9.97 Å². The largest absolute Gasteiger partial charge is 0.244 e. The molecule has 2 heteroatoms. The summed E-state index contributed by atoms with van der Waals surface area (Å²) >= 11 is 0. The van der Waals surface area contributed by atoms with Gasteiger partial charge in [0.15, 0.2) is 0 Å². The molecule has 0 amide bonds. The highest BCUT2D eigenvalue weighted by atomic mass is 14.8. The summed E-state index contributed by atoms with van der Waals surface area (Å²) in [5, 5.41) is 10.2. The van der Waals surface area contributed by atoms with Gasteiger partial charge in [-0.1, -0.05) is 60.7 Å². The normalized spacial score (nSPS) is 12.1. The second-order valence-electron chi connectivity index (χ2n) is 9.53. The average molecular weight is 437 g/mol. The molecule has 0 spiro atoms. The first-order valence-electron chi connectivity index (χ1n) is 11.9. The standard InChI is InChI=1S/C32H24N2/c1-17-21-9-5-7-11-23(21)19(3)29-25(17)13-15-27-31(29)33-28-16-14-26-18(2)22-10-6-8-12-24(22)20(4)30(26)32(28)34-27/h5-16H,1-4H3. The fourth-order valence-corrected chi connectivity index (χ4v) is 6.03. The summed E-state index contributed by atoms with van der Waals surface area (Å²) in [6, 6.07) is 26.1. The van der Waals surface area contributed by atoms with Crippen molar-refractivity contribution in [2.45, 2.75) is 27.7 Å². The van der Waals surface area contributed by atoms with E-state index in [1.807, 2.05) is 0 Å². The summed E-state index contributed by atoms with van der Waals surface area (Å²) in [6.07, 6.45) is 0. The Morgan fingerprint density at radius 3 is 1.12 bits per heavy atom. The lowest BCUT2D eigenvalue weighted by Crippen LogP contribution is -1.96. The van der Waals surface area contributed by atoms with Crippen LogP contribution in [0.5, 0.6) is 0 Å². The lowest BCUT2D eigenvalue weighted by molar-refractivity contribution is 1.40. The number of benzene rings is 6. The van der Waals surface area contributed by atoms with Crippen LogP contribution in [0.15, 0.2) is 72.8 Å². The van der Waals surface area contributed by atoms with E-state index in [1.54, 1.807) is 0 Å². The summed E-state index contributed by atoms with van der Waals surface area (Å²) < 4.78 is 0. The molecule has 7 rings (SSSR count). The molecule has 34 heavy (non-hydrogen) atoms. The van der Waals surface area contributed by atoms with Crippen molar-refractivity contribution < 1.29 is 0 Å². The zero-order chi connectivity index (χ0) is 23.1. The smallest absolute Gasteiger partial charge is 0.0975 e. The van der Waals surface area contributed by atoms with Gasteiger partial charge in [0.25, 0.3) is 0 Å². The van der Waals surface area contributed by atoms with Crippen LogP contribution >= 0.6 is 0 Å². The fourth-order valence-electron chi connectivity index (χ4n) is 6.03. The predicted octanol–water partition coefficient (Wildman–Crippen LogP) is 8.63. The summed E-state index contributed by atoms with van der Waals surface area (Å²) in [6.45, 7) is 8.87. The van der Waals surface area contributed by atoms with Crippen LogP contribution in [0.25, 0.3) is 65.2 Å². The van der Waals surface area contributed by atoms with E-state index in [2.05, 4.69) is 100 Å². The zero-order valence-electron chi connectivity index (χ0n) is 19.8. The van der Waals surface area contributed by atoms with Gasteiger partial charge in [0.2, 0.25) is 0 Å². The first-order chi connectivity index (χ1) is 16.5. The topological polar surface area (TPSA) is 25.8 Å². The molecule has 0 atom stereocenters. The molecule has 2 nitrogen and oxygen atoms in total. The summed E-state index contributed by atoms with van der Waals surface area (Å²) in [5.41, 5.74) is 9.04. The van der Waals surface area contributed by atoms with Crippen LogP contribution in [0.1, 0.15) is 22.3 Å². The number of hydrogen-bond acceptors (Lipinski definition) is 2. The fraction of sp³-hybridized carbons (Fsp3) is 0.125. The van der Waals surface area contributed by atoms with Crippen LogP contribution in [0.4, 0.5) is 0 Å². The summed E-state index contributed by atoms with van der Waals surface area (Å²) in [4.78, 5) is 10.5. The van der Waals surface area contributed by atoms with E-state index in [9.17, 15) is 0 Å². The Morgan fingerprint density at radius 1 is 0.382 bits per heavy atom. The van der Waals surface area contributed by atoms with Gasteiger partial charge in [0, 0.05) is 10.8 Å². The van der Waals surface area contributed by atoms with Crippen molar-refractivity contribution in [3.63, 3.8) is 0 Å². The third-order valence-electron chi connectivity index (χ3n) is 7.81. The molecule has 0 radical (unpaired) electrons. The van der Waals surface area contributed by atoms with E-state index in [-0.39, 0.29) is 0 Å². The molecule has 7 aromatic rings. The summed E-state index contributed by atoms with van der Waals surface area (Å²) in [5.74, 6) is 0. The first-order valence-corrected chi connectivity index (χ1v) is 11.9. The lowest BCUT2D eigenvalue weighted by atomic mass is 9.91. The number of nitrogens with zero attached hydrogens (tertiary/aromatic N) is 2. The van der Waals surface area contributed by atoms with E-state index < -0.39 is 0 Å². The monoisotopic (exact) mass is 436 g/mol. The van der Waals surface area contributed by atoms with Crippen molar-refractivity contribution in [2.75, 3.05) is 0 Å². The lowest BCUT2D eigenvalue weighted by Gasteiger charge is -2.16. The quantitative estimate of drug-likeness (QED) is 0.176. The molecule has 0 aliphatic carbocycles. The second kappa shape index (κ2) is 6.74. The third kappa shape index (κ3) is 2.40. The molecule has 6 aromatic carbocycles. The number of hydrogen-bond donors (Lipinski definition) is 0. The molecule has 0 aliphatic heterocycles. The van der Waals surface area contributed by atoms with Gasteiger partial charge in [-0.3, -0.25) is 0 Å². The highest BCUT2D eigenvalue weighted by molar-refractivity contribution is 6.19. The second-order valence-corrected chi connectivity index (χ2v) is 9.53. The SMILES string of the molecule is Cc1c2ccccc2c(C)c2c1ccc1nc3c(ccc4c(C)c5ccccc5c(C)c43)nc12. The van der Waals surface area contributed by atoms with Crippen LogP contribution in [0, 0.1) is 27.7 Å². The Kier molecular flexibility index (Phi) is 3.85. The number of rotatable bonds is 0. The molecule has 0 N–H and O–H groups in total. The van der Waals surface area contributed by atoms with E-state index in [0.717, 1.165) is 22.1 Å². The highest BCUT2D eigenvalue weighted by Gasteiger charge is 2.16. The van der Waals surface area contributed by atoms with Gasteiger partial charge in [0.05, 0.1) is 22.1 Å². The molecule has 1 heterocycles. The number of aromatic nitrogens is 2. The Labute approximate surface area is 197 Å². The van der Waals surface area contributed by atoms with Gasteiger partial charge in [-0.15, -0.1) is 0 Å². The Morgan fingerprint density at radius 2 is 0.735 bits per heavy atom. The molecular weight excluding hydrogens is 412 g/mol. The zero-order valence-corrected chi connectivity index (χ0v) is 19.8. The number of fused-ring (bicyclic) bond motifs is 8. The van der Waals surface area contributed by atoms with Gasteiger partial charge in [0.1, 0.15) is 0 Å². The van der Waals surface area contributed by atoms with Crippen molar-refractivity contribution in [3.8, 4) is 0 Å². The Hall–Kier alpha value is -4.04. The van der Waals surface area contributed by atoms with Crippen LogP contribution in [-0.2, 0) is 0 Å². The van der Waals surface area contributed by atoms with Crippen molar-refractivity contribution in [3.05, 3.63) is 95.1 Å². The molecule has 0 aliphatic rings. The minimum absolute atomic E-state index is 0.954. The molecule has 0 saturated heterocycles. The molecular formula is C32H24N2.